The summed E-state index contributed by atoms with van der Waals surface area (Å²) in [6.45, 7) is 4.00. The van der Waals surface area contributed by atoms with Gasteiger partial charge in [0.15, 0.2) is 23.9 Å². The molecule has 1 aromatic heterocycles. The smallest absolute Gasteiger partial charge is 0.182 e. The van der Waals surface area contributed by atoms with Crippen molar-refractivity contribution in [3.8, 4) is 11.5 Å². The second kappa shape index (κ2) is 5.77. The van der Waals surface area contributed by atoms with E-state index in [4.69, 9.17) is 0 Å². The minimum atomic E-state index is -0.0826. The summed E-state index contributed by atoms with van der Waals surface area (Å²) in [6, 6.07) is 3.17. The number of aromatic nitrogens is 1. The molecule has 0 aliphatic heterocycles. The highest BCUT2D eigenvalue weighted by atomic mass is 32.2. The quantitative estimate of drug-likeness (QED) is 0.466. The molecule has 0 bridgehead atoms. The standard InChI is InChI=1S/C11H11NO2S.C2H6/c1-12-5-7-3-9(13)10(14)4-8(7)11(6-12)15-2;1-2/h3-6,13H,1-2H3;1-2H3/p+1. The monoisotopic (exact) mass is 252 g/mol. The molecule has 0 radical (unpaired) electrons. The van der Waals surface area contributed by atoms with Crippen molar-refractivity contribution in [1.82, 2.24) is 0 Å². The molecular formula is C13H18NO2S+. The zero-order valence-corrected chi connectivity index (χ0v) is 11.4. The molecule has 92 valence electrons. The van der Waals surface area contributed by atoms with Gasteiger partial charge in [-0.3, -0.25) is 0 Å². The van der Waals surface area contributed by atoms with Crippen LogP contribution in [0.4, 0.5) is 0 Å². The molecule has 2 rings (SSSR count). The molecule has 0 atom stereocenters. The third-order valence-corrected chi connectivity index (χ3v) is 3.06. The Morgan fingerprint density at radius 3 is 2.24 bits per heavy atom. The average molecular weight is 252 g/mol. The Hall–Kier alpha value is -1.42. The maximum absolute atomic E-state index is 9.44. The van der Waals surface area contributed by atoms with Crippen molar-refractivity contribution in [2.75, 3.05) is 6.26 Å². The zero-order chi connectivity index (χ0) is 13.0. The maximum atomic E-state index is 9.44. The van der Waals surface area contributed by atoms with E-state index < -0.39 is 0 Å². The van der Waals surface area contributed by atoms with Gasteiger partial charge in [-0.1, -0.05) is 13.8 Å². The fourth-order valence-corrected chi connectivity index (χ4v) is 2.26. The second-order valence-electron chi connectivity index (χ2n) is 3.42. The molecule has 0 unspecified atom stereocenters. The number of pyridine rings is 1. The van der Waals surface area contributed by atoms with Gasteiger partial charge in [-0.25, -0.2) is 4.57 Å². The Kier molecular flexibility index (Phi) is 4.63. The molecule has 2 aromatic rings. The van der Waals surface area contributed by atoms with Crippen LogP contribution in [0, 0.1) is 0 Å². The molecule has 0 saturated carbocycles. The highest BCUT2D eigenvalue weighted by Gasteiger charge is 2.10. The number of fused-ring (bicyclic) bond motifs is 1. The summed E-state index contributed by atoms with van der Waals surface area (Å²) in [6.07, 6.45) is 5.89. The summed E-state index contributed by atoms with van der Waals surface area (Å²) in [5.74, 6) is -0.160. The van der Waals surface area contributed by atoms with Crippen molar-refractivity contribution in [3.63, 3.8) is 0 Å². The van der Waals surface area contributed by atoms with Gasteiger partial charge in [0.2, 0.25) is 0 Å². The van der Waals surface area contributed by atoms with Crippen LogP contribution in [0.25, 0.3) is 10.8 Å². The highest BCUT2D eigenvalue weighted by molar-refractivity contribution is 7.98. The topological polar surface area (TPSA) is 44.3 Å². The number of phenolic OH excluding ortho intramolecular Hbond substituents is 2. The first kappa shape index (κ1) is 13.6. The normalized spacial score (nSPS) is 9.88. The number of hydrogen-bond donors (Lipinski definition) is 2. The number of aryl methyl sites for hydroxylation is 1. The lowest BCUT2D eigenvalue weighted by Crippen LogP contribution is -2.26. The lowest BCUT2D eigenvalue weighted by Gasteiger charge is -2.04. The van der Waals surface area contributed by atoms with Crippen LogP contribution in [0.15, 0.2) is 29.4 Å². The highest BCUT2D eigenvalue weighted by Crippen LogP contribution is 2.33. The summed E-state index contributed by atoms with van der Waals surface area (Å²) in [5, 5.41) is 20.7. The van der Waals surface area contributed by atoms with Gasteiger partial charge in [-0.15, -0.1) is 11.8 Å². The summed E-state index contributed by atoms with van der Waals surface area (Å²) in [7, 11) is 1.93. The van der Waals surface area contributed by atoms with Crippen LogP contribution in [0.2, 0.25) is 0 Å². The van der Waals surface area contributed by atoms with Crippen LogP contribution in [0.1, 0.15) is 13.8 Å². The minimum absolute atomic E-state index is 0.0772. The molecule has 3 nitrogen and oxygen atoms in total. The first-order valence-corrected chi connectivity index (χ1v) is 6.73. The molecule has 17 heavy (non-hydrogen) atoms. The van der Waals surface area contributed by atoms with E-state index in [0.717, 1.165) is 15.7 Å². The number of nitrogens with zero attached hydrogens (tertiary/aromatic N) is 1. The number of rotatable bonds is 1. The molecule has 0 amide bonds. The van der Waals surface area contributed by atoms with Crippen molar-refractivity contribution in [2.24, 2.45) is 7.05 Å². The van der Waals surface area contributed by atoms with Gasteiger partial charge in [-0.05, 0) is 18.4 Å². The Balaban J connectivity index is 0.000000686. The number of benzene rings is 1. The van der Waals surface area contributed by atoms with E-state index in [-0.39, 0.29) is 11.5 Å². The Morgan fingerprint density at radius 1 is 1.06 bits per heavy atom. The molecule has 0 aliphatic rings. The lowest BCUT2D eigenvalue weighted by molar-refractivity contribution is -0.671. The van der Waals surface area contributed by atoms with E-state index in [2.05, 4.69) is 0 Å². The third kappa shape index (κ3) is 2.82. The maximum Gasteiger partial charge on any atom is 0.182 e. The fraction of sp³-hybridized carbons (Fsp3) is 0.308. The van der Waals surface area contributed by atoms with Gasteiger partial charge in [0, 0.05) is 5.39 Å². The van der Waals surface area contributed by atoms with Crippen LogP contribution in [-0.2, 0) is 7.05 Å². The van der Waals surface area contributed by atoms with Gasteiger partial charge in [0.05, 0.1) is 10.3 Å². The summed E-state index contributed by atoms with van der Waals surface area (Å²) < 4.78 is 1.94. The number of phenols is 2. The van der Waals surface area contributed by atoms with Crippen LogP contribution in [-0.4, -0.2) is 16.5 Å². The predicted molar refractivity (Wildman–Crippen MR) is 71.6 cm³/mol. The van der Waals surface area contributed by atoms with Crippen molar-refractivity contribution < 1.29 is 14.8 Å². The Morgan fingerprint density at radius 2 is 1.65 bits per heavy atom. The van der Waals surface area contributed by atoms with Crippen LogP contribution >= 0.6 is 11.8 Å². The van der Waals surface area contributed by atoms with Crippen LogP contribution < -0.4 is 4.57 Å². The van der Waals surface area contributed by atoms with E-state index >= 15 is 0 Å². The predicted octanol–water partition coefficient (Wildman–Crippen LogP) is 2.82. The molecule has 1 aromatic carbocycles. The van der Waals surface area contributed by atoms with Gasteiger partial charge in [-0.2, -0.15) is 0 Å². The van der Waals surface area contributed by atoms with E-state index in [1.807, 2.05) is 44.1 Å². The van der Waals surface area contributed by atoms with Crippen molar-refractivity contribution in [1.29, 1.82) is 0 Å². The number of hydrogen-bond acceptors (Lipinski definition) is 3. The summed E-state index contributed by atoms with van der Waals surface area (Å²) in [5.41, 5.74) is 0. The van der Waals surface area contributed by atoms with Crippen molar-refractivity contribution in [3.05, 3.63) is 24.5 Å². The largest absolute Gasteiger partial charge is 0.504 e. The minimum Gasteiger partial charge on any atom is -0.504 e. The Bertz CT molecular complexity index is 526. The second-order valence-corrected chi connectivity index (χ2v) is 4.27. The Labute approximate surface area is 106 Å². The van der Waals surface area contributed by atoms with E-state index in [1.165, 1.54) is 0 Å². The molecule has 4 heteroatoms. The average Bonchev–Trinajstić information content (AvgIpc) is 2.33. The van der Waals surface area contributed by atoms with Crippen molar-refractivity contribution in [2.45, 2.75) is 18.7 Å². The molecule has 0 aliphatic carbocycles. The molecule has 1 heterocycles. The molecular weight excluding hydrogens is 234 g/mol. The summed E-state index contributed by atoms with van der Waals surface area (Å²) >= 11 is 1.61. The van der Waals surface area contributed by atoms with Gasteiger partial charge in [0.25, 0.3) is 0 Å². The van der Waals surface area contributed by atoms with Gasteiger partial charge >= 0.3 is 0 Å². The first-order valence-electron chi connectivity index (χ1n) is 5.51. The van der Waals surface area contributed by atoms with E-state index in [9.17, 15) is 10.2 Å². The van der Waals surface area contributed by atoms with Crippen molar-refractivity contribution >= 4 is 22.5 Å². The van der Waals surface area contributed by atoms with E-state index in [0.29, 0.717) is 0 Å². The van der Waals surface area contributed by atoms with Gasteiger partial charge < -0.3 is 10.2 Å². The SMILES string of the molecule is CC.CSc1c[n+](C)cc2cc(O)c(O)cc12. The third-order valence-electron chi connectivity index (χ3n) is 2.30. The first-order chi connectivity index (χ1) is 8.11. The van der Waals surface area contributed by atoms with E-state index in [1.54, 1.807) is 23.9 Å². The number of aromatic hydroxyl groups is 2. The zero-order valence-electron chi connectivity index (χ0n) is 10.6. The van der Waals surface area contributed by atoms with Crippen LogP contribution in [0.3, 0.4) is 0 Å². The summed E-state index contributed by atoms with van der Waals surface area (Å²) in [4.78, 5) is 1.07. The molecule has 0 fully saturated rings. The molecule has 2 N–H and O–H groups in total. The van der Waals surface area contributed by atoms with Gasteiger partial charge in [0.1, 0.15) is 7.05 Å². The lowest BCUT2D eigenvalue weighted by atomic mass is 10.1. The number of thioether (sulfide) groups is 1. The molecule has 0 spiro atoms. The fourth-order valence-electron chi connectivity index (χ4n) is 1.59. The molecule has 0 saturated heterocycles. The van der Waals surface area contributed by atoms with Crippen LogP contribution in [0.5, 0.6) is 11.5 Å².